The van der Waals surface area contributed by atoms with Crippen LogP contribution >= 0.6 is 22.9 Å². The third kappa shape index (κ3) is 2.95. The summed E-state index contributed by atoms with van der Waals surface area (Å²) in [6.45, 7) is 0. The summed E-state index contributed by atoms with van der Waals surface area (Å²) in [6, 6.07) is 7.38. The van der Waals surface area contributed by atoms with Gasteiger partial charge in [0.1, 0.15) is 5.88 Å². The topological polar surface area (TPSA) is 68.0 Å². The molecule has 2 rings (SSSR count). The molecule has 1 amide bonds. The molecular formula is C11H10ClN3OS. The van der Waals surface area contributed by atoms with E-state index < -0.39 is 0 Å². The van der Waals surface area contributed by atoms with Crippen molar-refractivity contribution < 1.29 is 4.79 Å². The number of carbonyl (C=O) groups is 1. The Hall–Kier alpha value is -1.59. The molecule has 4 nitrogen and oxygen atoms in total. The number of anilines is 2. The first-order valence-corrected chi connectivity index (χ1v) is 6.27. The highest BCUT2D eigenvalue weighted by molar-refractivity contribution is 7.13. The Bertz CT molecular complexity index is 541. The minimum Gasteiger partial charge on any atom is -0.375 e. The van der Waals surface area contributed by atoms with Crippen LogP contribution in [0.2, 0.25) is 0 Å². The summed E-state index contributed by atoms with van der Waals surface area (Å²) in [4.78, 5) is 15.3. The molecule has 1 aromatic heterocycles. The van der Waals surface area contributed by atoms with Crippen molar-refractivity contribution in [1.82, 2.24) is 4.98 Å². The van der Waals surface area contributed by atoms with Gasteiger partial charge in [-0.15, -0.1) is 22.9 Å². The number of nitrogen functional groups attached to an aromatic ring is 1. The number of aromatic nitrogens is 1. The van der Waals surface area contributed by atoms with Crippen molar-refractivity contribution >= 4 is 39.7 Å². The van der Waals surface area contributed by atoms with Crippen molar-refractivity contribution in [3.8, 4) is 11.3 Å². The van der Waals surface area contributed by atoms with Crippen LogP contribution in [0.1, 0.15) is 0 Å². The predicted molar refractivity (Wildman–Crippen MR) is 71.3 cm³/mol. The van der Waals surface area contributed by atoms with Crippen LogP contribution in [0.15, 0.2) is 29.6 Å². The number of halogens is 1. The van der Waals surface area contributed by atoms with Crippen molar-refractivity contribution in [3.63, 3.8) is 0 Å². The van der Waals surface area contributed by atoms with Gasteiger partial charge in [0.25, 0.3) is 0 Å². The first-order valence-electron chi connectivity index (χ1n) is 4.86. The number of alkyl halides is 1. The predicted octanol–water partition coefficient (Wildman–Crippen LogP) is 2.57. The molecular weight excluding hydrogens is 258 g/mol. The average molecular weight is 268 g/mol. The number of hydrogen-bond donors (Lipinski definition) is 2. The maximum absolute atomic E-state index is 11.2. The van der Waals surface area contributed by atoms with Crippen molar-refractivity contribution in [2.45, 2.75) is 0 Å². The van der Waals surface area contributed by atoms with Gasteiger partial charge in [-0.3, -0.25) is 4.79 Å². The van der Waals surface area contributed by atoms with Gasteiger partial charge in [-0.25, -0.2) is 4.98 Å². The van der Waals surface area contributed by atoms with E-state index in [1.54, 1.807) is 6.07 Å². The molecule has 0 aliphatic rings. The van der Waals surface area contributed by atoms with Gasteiger partial charge in [0.15, 0.2) is 5.13 Å². The Morgan fingerprint density at radius 2 is 2.35 bits per heavy atom. The van der Waals surface area contributed by atoms with Gasteiger partial charge in [0, 0.05) is 16.6 Å². The summed E-state index contributed by atoms with van der Waals surface area (Å²) in [5.74, 6) is -0.296. The molecule has 1 heterocycles. The lowest BCUT2D eigenvalue weighted by atomic mass is 10.1. The second-order valence-electron chi connectivity index (χ2n) is 3.33. The third-order valence-electron chi connectivity index (χ3n) is 2.09. The molecule has 0 saturated heterocycles. The van der Waals surface area contributed by atoms with Gasteiger partial charge < -0.3 is 11.1 Å². The highest BCUT2D eigenvalue weighted by Crippen LogP contribution is 2.25. The molecule has 0 radical (unpaired) electrons. The normalized spacial score (nSPS) is 10.2. The van der Waals surface area contributed by atoms with E-state index in [2.05, 4.69) is 10.3 Å². The molecule has 0 atom stereocenters. The summed E-state index contributed by atoms with van der Waals surface area (Å²) < 4.78 is 0. The van der Waals surface area contributed by atoms with Gasteiger partial charge in [0.2, 0.25) is 5.91 Å². The second-order valence-corrected chi connectivity index (χ2v) is 4.49. The number of carbonyl (C=O) groups excluding carboxylic acids is 1. The summed E-state index contributed by atoms with van der Waals surface area (Å²) in [7, 11) is 0. The first-order chi connectivity index (χ1) is 8.19. The Labute approximate surface area is 107 Å². The lowest BCUT2D eigenvalue weighted by Crippen LogP contribution is -2.12. The van der Waals surface area contributed by atoms with Crippen LogP contribution in [0.4, 0.5) is 10.8 Å². The van der Waals surface area contributed by atoms with Crippen LogP contribution in [0.3, 0.4) is 0 Å². The molecule has 0 aliphatic heterocycles. The summed E-state index contributed by atoms with van der Waals surface area (Å²) >= 11 is 6.80. The van der Waals surface area contributed by atoms with Crippen LogP contribution in [0, 0.1) is 0 Å². The molecule has 0 fully saturated rings. The fraction of sp³-hybridized carbons (Fsp3) is 0.0909. The van der Waals surface area contributed by atoms with Crippen LogP contribution < -0.4 is 11.1 Å². The Morgan fingerprint density at radius 3 is 3.00 bits per heavy atom. The molecule has 6 heteroatoms. The van der Waals surface area contributed by atoms with E-state index in [9.17, 15) is 4.79 Å². The fourth-order valence-electron chi connectivity index (χ4n) is 1.37. The molecule has 88 valence electrons. The molecule has 2 aromatic rings. The van der Waals surface area contributed by atoms with Gasteiger partial charge in [0.05, 0.1) is 5.69 Å². The Balaban J connectivity index is 2.25. The quantitative estimate of drug-likeness (QED) is 0.840. The molecule has 0 bridgehead atoms. The molecule has 0 spiro atoms. The number of nitrogens with zero attached hydrogens (tertiary/aromatic N) is 1. The van der Waals surface area contributed by atoms with Gasteiger partial charge in [-0.05, 0) is 12.1 Å². The lowest BCUT2D eigenvalue weighted by Gasteiger charge is -2.04. The minimum atomic E-state index is -0.235. The number of rotatable bonds is 3. The van der Waals surface area contributed by atoms with Crippen LogP contribution in [-0.2, 0) is 4.79 Å². The van der Waals surface area contributed by atoms with Gasteiger partial charge in [-0.1, -0.05) is 12.1 Å². The van der Waals surface area contributed by atoms with E-state index in [0.717, 1.165) is 11.3 Å². The number of hydrogen-bond acceptors (Lipinski definition) is 4. The first kappa shape index (κ1) is 11.9. The molecule has 17 heavy (non-hydrogen) atoms. The maximum atomic E-state index is 11.2. The second kappa shape index (κ2) is 5.16. The standard InChI is InChI=1S/C11H10ClN3OS/c12-5-10(16)14-8-3-1-2-7(4-8)9-6-17-11(13)15-9/h1-4,6H,5H2,(H2,13,15)(H,14,16). The lowest BCUT2D eigenvalue weighted by molar-refractivity contribution is -0.113. The number of nitrogens with two attached hydrogens (primary N) is 1. The van der Waals surface area contributed by atoms with Crippen molar-refractivity contribution in [2.24, 2.45) is 0 Å². The van der Waals surface area contributed by atoms with Crippen LogP contribution in [-0.4, -0.2) is 16.8 Å². The van der Waals surface area contributed by atoms with Crippen molar-refractivity contribution in [1.29, 1.82) is 0 Å². The maximum Gasteiger partial charge on any atom is 0.239 e. The molecule has 3 N–H and O–H groups in total. The molecule has 0 aliphatic carbocycles. The average Bonchev–Trinajstić information content (AvgIpc) is 2.76. The van der Waals surface area contributed by atoms with Crippen molar-refractivity contribution in [3.05, 3.63) is 29.6 Å². The smallest absolute Gasteiger partial charge is 0.239 e. The van der Waals surface area contributed by atoms with Crippen LogP contribution in [0.25, 0.3) is 11.3 Å². The number of thiazole rings is 1. The summed E-state index contributed by atoms with van der Waals surface area (Å²) in [5, 5.41) is 5.08. The molecule has 1 aromatic carbocycles. The zero-order valence-electron chi connectivity index (χ0n) is 8.81. The number of benzene rings is 1. The number of amides is 1. The summed E-state index contributed by atoms with van der Waals surface area (Å²) in [6.07, 6.45) is 0. The molecule has 0 unspecified atom stereocenters. The van der Waals surface area contributed by atoms with Crippen molar-refractivity contribution in [2.75, 3.05) is 16.9 Å². The Kier molecular flexibility index (Phi) is 3.61. The SMILES string of the molecule is Nc1nc(-c2cccc(NC(=O)CCl)c2)cs1. The van der Waals surface area contributed by atoms with E-state index >= 15 is 0 Å². The van der Waals surface area contributed by atoms with Crippen LogP contribution in [0.5, 0.6) is 0 Å². The monoisotopic (exact) mass is 267 g/mol. The third-order valence-corrected chi connectivity index (χ3v) is 3.00. The van der Waals surface area contributed by atoms with E-state index in [1.807, 2.05) is 23.6 Å². The largest absolute Gasteiger partial charge is 0.375 e. The highest BCUT2D eigenvalue weighted by Gasteiger charge is 2.05. The summed E-state index contributed by atoms with van der Waals surface area (Å²) in [5.41, 5.74) is 7.98. The van der Waals surface area contributed by atoms with E-state index in [-0.39, 0.29) is 11.8 Å². The zero-order valence-corrected chi connectivity index (χ0v) is 10.4. The van der Waals surface area contributed by atoms with E-state index in [4.69, 9.17) is 17.3 Å². The zero-order chi connectivity index (χ0) is 12.3. The van der Waals surface area contributed by atoms with E-state index in [0.29, 0.717) is 10.8 Å². The minimum absolute atomic E-state index is 0.0616. The number of nitrogens with one attached hydrogen (secondary N) is 1. The fourth-order valence-corrected chi connectivity index (χ4v) is 2.01. The highest BCUT2D eigenvalue weighted by atomic mass is 35.5. The molecule has 0 saturated carbocycles. The van der Waals surface area contributed by atoms with E-state index in [1.165, 1.54) is 11.3 Å². The van der Waals surface area contributed by atoms with Gasteiger partial charge in [-0.2, -0.15) is 0 Å². The Morgan fingerprint density at radius 1 is 1.53 bits per heavy atom. The van der Waals surface area contributed by atoms with Gasteiger partial charge >= 0.3 is 0 Å².